The third kappa shape index (κ3) is 6.66. The van der Waals surface area contributed by atoms with Gasteiger partial charge in [-0.2, -0.15) is 13.2 Å². The number of likely N-dealkylation sites (N-methyl/N-ethyl adjacent to an activating group) is 1. The first kappa shape index (κ1) is 15.3. The second-order valence-electron chi connectivity index (χ2n) is 4.27. The summed E-state index contributed by atoms with van der Waals surface area (Å²) in [5.41, 5.74) is 6.62. The molecule has 0 bridgehead atoms. The van der Waals surface area contributed by atoms with Crippen molar-refractivity contribution in [3.8, 4) is 0 Å². The molecule has 1 rings (SSSR count). The van der Waals surface area contributed by atoms with Crippen molar-refractivity contribution in [2.45, 2.75) is 12.6 Å². The molecule has 0 aliphatic rings. The first-order valence-corrected chi connectivity index (χ1v) is 5.67. The van der Waals surface area contributed by atoms with Gasteiger partial charge in [-0.05, 0) is 31.3 Å². The predicted octanol–water partition coefficient (Wildman–Crippen LogP) is 2.09. The third-order valence-corrected chi connectivity index (χ3v) is 2.38. The summed E-state index contributed by atoms with van der Waals surface area (Å²) in [6.07, 6.45) is -5.14. The number of nitrogens with two attached hydrogens (primary N) is 1. The molecule has 0 radical (unpaired) electrons. The van der Waals surface area contributed by atoms with Crippen LogP contribution in [-0.4, -0.2) is 37.1 Å². The predicted molar refractivity (Wildman–Crippen MR) is 67.7 cm³/mol. The van der Waals surface area contributed by atoms with Gasteiger partial charge in [0, 0.05) is 17.9 Å². The Morgan fingerprint density at radius 2 is 1.89 bits per heavy atom. The van der Waals surface area contributed by atoms with Crippen molar-refractivity contribution in [1.82, 2.24) is 4.90 Å². The molecule has 0 fully saturated rings. The Morgan fingerprint density at radius 3 is 2.42 bits per heavy atom. The third-order valence-electron chi connectivity index (χ3n) is 2.38. The lowest BCUT2D eigenvalue weighted by atomic mass is 10.3. The van der Waals surface area contributed by atoms with Gasteiger partial charge >= 0.3 is 6.18 Å². The Labute approximate surface area is 109 Å². The number of rotatable bonds is 5. The molecular weight excluding hydrogens is 259 g/mol. The van der Waals surface area contributed by atoms with Gasteiger partial charge in [-0.1, -0.05) is 0 Å². The highest BCUT2D eigenvalue weighted by Gasteiger charge is 2.27. The summed E-state index contributed by atoms with van der Waals surface area (Å²) in [6.45, 7) is -0.306. The number of hydrogen-bond acceptors (Lipinski definition) is 3. The molecule has 106 valence electrons. The second kappa shape index (κ2) is 6.42. The van der Waals surface area contributed by atoms with Crippen molar-refractivity contribution in [2.75, 3.05) is 31.2 Å². The number of nitrogen functional groups attached to an aromatic ring is 1. The lowest BCUT2D eigenvalue weighted by Crippen LogP contribution is -2.32. The van der Waals surface area contributed by atoms with E-state index in [0.717, 1.165) is 0 Å². The van der Waals surface area contributed by atoms with Crippen molar-refractivity contribution >= 4 is 17.3 Å². The first-order chi connectivity index (χ1) is 8.76. The molecule has 1 aromatic carbocycles. The largest absolute Gasteiger partial charge is 0.399 e. The fourth-order valence-electron chi connectivity index (χ4n) is 1.41. The van der Waals surface area contributed by atoms with Gasteiger partial charge in [0.1, 0.15) is 0 Å². The van der Waals surface area contributed by atoms with Crippen LogP contribution in [0.15, 0.2) is 24.3 Å². The van der Waals surface area contributed by atoms with Gasteiger partial charge in [0.05, 0.1) is 13.0 Å². The number of nitrogens with zero attached hydrogens (tertiary/aromatic N) is 1. The van der Waals surface area contributed by atoms with Gasteiger partial charge in [-0.25, -0.2) is 0 Å². The van der Waals surface area contributed by atoms with Crippen molar-refractivity contribution in [1.29, 1.82) is 0 Å². The normalized spacial score (nSPS) is 11.6. The number of nitrogens with one attached hydrogen (secondary N) is 1. The standard InChI is InChI=1S/C12H16F3N3O/c1-18(7-6-12(13,14)15)8-11(19)17-10-4-2-9(16)3-5-10/h2-5H,6-8,16H2,1H3,(H,17,19). The van der Waals surface area contributed by atoms with Gasteiger partial charge in [-0.15, -0.1) is 0 Å². The molecule has 0 saturated heterocycles. The Morgan fingerprint density at radius 1 is 1.32 bits per heavy atom. The molecule has 0 heterocycles. The lowest BCUT2D eigenvalue weighted by molar-refractivity contribution is -0.138. The highest BCUT2D eigenvalue weighted by Crippen LogP contribution is 2.19. The second-order valence-corrected chi connectivity index (χ2v) is 4.27. The minimum Gasteiger partial charge on any atom is -0.399 e. The van der Waals surface area contributed by atoms with Gasteiger partial charge in [0.2, 0.25) is 5.91 Å². The topological polar surface area (TPSA) is 58.4 Å². The minimum absolute atomic E-state index is 0.0968. The summed E-state index contributed by atoms with van der Waals surface area (Å²) in [6, 6.07) is 6.51. The van der Waals surface area contributed by atoms with E-state index in [4.69, 9.17) is 5.73 Å². The van der Waals surface area contributed by atoms with E-state index in [1.54, 1.807) is 24.3 Å². The van der Waals surface area contributed by atoms with Crippen molar-refractivity contribution in [3.63, 3.8) is 0 Å². The fourth-order valence-corrected chi connectivity index (χ4v) is 1.41. The molecular formula is C12H16F3N3O. The first-order valence-electron chi connectivity index (χ1n) is 5.67. The monoisotopic (exact) mass is 275 g/mol. The summed E-state index contributed by atoms with van der Waals surface area (Å²) >= 11 is 0. The molecule has 0 atom stereocenters. The molecule has 1 amide bonds. The van der Waals surface area contributed by atoms with Crippen molar-refractivity contribution < 1.29 is 18.0 Å². The molecule has 0 spiro atoms. The average Bonchev–Trinajstić information content (AvgIpc) is 2.29. The van der Waals surface area contributed by atoms with Crippen LogP contribution < -0.4 is 11.1 Å². The van der Waals surface area contributed by atoms with E-state index in [1.165, 1.54) is 11.9 Å². The van der Waals surface area contributed by atoms with E-state index < -0.39 is 12.6 Å². The van der Waals surface area contributed by atoms with Crippen LogP contribution in [0.5, 0.6) is 0 Å². The van der Waals surface area contributed by atoms with Crippen LogP contribution in [0.2, 0.25) is 0 Å². The number of alkyl halides is 3. The Kier molecular flexibility index (Phi) is 5.17. The van der Waals surface area contributed by atoms with Crippen LogP contribution in [0.1, 0.15) is 6.42 Å². The van der Waals surface area contributed by atoms with E-state index >= 15 is 0 Å². The zero-order valence-electron chi connectivity index (χ0n) is 10.5. The van der Waals surface area contributed by atoms with Crippen LogP contribution in [0, 0.1) is 0 Å². The van der Waals surface area contributed by atoms with Crippen LogP contribution in [0.25, 0.3) is 0 Å². The summed E-state index contributed by atoms with van der Waals surface area (Å²) in [5, 5.41) is 2.58. The van der Waals surface area contributed by atoms with E-state index in [-0.39, 0.29) is 19.0 Å². The van der Waals surface area contributed by atoms with Gasteiger partial charge < -0.3 is 11.1 Å². The van der Waals surface area contributed by atoms with Crippen LogP contribution >= 0.6 is 0 Å². The van der Waals surface area contributed by atoms with Crippen molar-refractivity contribution in [2.24, 2.45) is 0 Å². The molecule has 4 nitrogen and oxygen atoms in total. The Hall–Kier alpha value is -1.76. The number of anilines is 2. The molecule has 0 aliphatic heterocycles. The zero-order valence-corrected chi connectivity index (χ0v) is 10.5. The average molecular weight is 275 g/mol. The quantitative estimate of drug-likeness (QED) is 0.809. The van der Waals surface area contributed by atoms with Gasteiger partial charge in [0.15, 0.2) is 0 Å². The van der Waals surface area contributed by atoms with Crippen LogP contribution in [-0.2, 0) is 4.79 Å². The van der Waals surface area contributed by atoms with E-state index in [0.29, 0.717) is 11.4 Å². The SMILES string of the molecule is CN(CCC(F)(F)F)CC(=O)Nc1ccc(N)cc1. The summed E-state index contributed by atoms with van der Waals surface area (Å²) in [5.74, 6) is -0.366. The molecule has 0 aromatic heterocycles. The highest BCUT2D eigenvalue weighted by molar-refractivity contribution is 5.92. The molecule has 19 heavy (non-hydrogen) atoms. The molecule has 0 saturated carbocycles. The smallest absolute Gasteiger partial charge is 0.390 e. The Bertz CT molecular complexity index is 417. The van der Waals surface area contributed by atoms with E-state index in [9.17, 15) is 18.0 Å². The molecule has 3 N–H and O–H groups in total. The number of benzene rings is 1. The summed E-state index contributed by atoms with van der Waals surface area (Å²) in [7, 11) is 1.47. The van der Waals surface area contributed by atoms with Crippen LogP contribution in [0.4, 0.5) is 24.5 Å². The number of carbonyl (C=O) groups is 1. The fraction of sp³-hybridized carbons (Fsp3) is 0.417. The maximum atomic E-state index is 12.0. The van der Waals surface area contributed by atoms with Gasteiger partial charge in [0.25, 0.3) is 0 Å². The van der Waals surface area contributed by atoms with E-state index in [2.05, 4.69) is 5.32 Å². The number of amides is 1. The molecule has 0 unspecified atom stereocenters. The molecule has 0 aliphatic carbocycles. The molecule has 7 heteroatoms. The van der Waals surface area contributed by atoms with Gasteiger partial charge in [-0.3, -0.25) is 9.69 Å². The summed E-state index contributed by atoms with van der Waals surface area (Å²) in [4.78, 5) is 12.9. The maximum absolute atomic E-state index is 12.0. The minimum atomic E-state index is -4.21. The zero-order chi connectivity index (χ0) is 14.5. The number of carbonyl (C=O) groups excluding carboxylic acids is 1. The maximum Gasteiger partial charge on any atom is 0.390 e. The number of hydrogen-bond donors (Lipinski definition) is 2. The highest BCUT2D eigenvalue weighted by atomic mass is 19.4. The lowest BCUT2D eigenvalue weighted by Gasteiger charge is -2.17. The Balaban J connectivity index is 2.36. The van der Waals surface area contributed by atoms with E-state index in [1.807, 2.05) is 0 Å². The van der Waals surface area contributed by atoms with Crippen molar-refractivity contribution in [3.05, 3.63) is 24.3 Å². The van der Waals surface area contributed by atoms with Crippen LogP contribution in [0.3, 0.4) is 0 Å². The number of halogens is 3. The molecule has 1 aromatic rings. The summed E-state index contributed by atoms with van der Waals surface area (Å²) < 4.78 is 36.0.